The lowest BCUT2D eigenvalue weighted by molar-refractivity contribution is -0.131. The maximum absolute atomic E-state index is 12.0. The van der Waals surface area contributed by atoms with Crippen LogP contribution in [0, 0.1) is 5.92 Å². The Morgan fingerprint density at radius 2 is 2.00 bits per heavy atom. The molecule has 4 nitrogen and oxygen atoms in total. The van der Waals surface area contributed by atoms with Crippen LogP contribution in [0.5, 0.6) is 0 Å². The van der Waals surface area contributed by atoms with Crippen molar-refractivity contribution in [1.29, 1.82) is 0 Å². The Morgan fingerprint density at radius 3 is 2.62 bits per heavy atom. The fourth-order valence-electron chi connectivity index (χ4n) is 3.75. The number of piperidine rings is 1. The molecule has 2 fully saturated rings. The highest BCUT2D eigenvalue weighted by Crippen LogP contribution is 2.26. The zero-order chi connectivity index (χ0) is 14.8. The van der Waals surface area contributed by atoms with Crippen molar-refractivity contribution in [1.82, 2.24) is 9.80 Å². The number of nitrogens with two attached hydrogens (primary N) is 1. The summed E-state index contributed by atoms with van der Waals surface area (Å²) in [7, 11) is 0. The van der Waals surface area contributed by atoms with Crippen molar-refractivity contribution < 1.29 is 4.79 Å². The van der Waals surface area contributed by atoms with E-state index < -0.39 is 0 Å². The second kappa shape index (κ2) is 6.16. The molecule has 3 unspecified atom stereocenters. The van der Waals surface area contributed by atoms with Crippen LogP contribution in [0.3, 0.4) is 0 Å². The van der Waals surface area contributed by atoms with Crippen molar-refractivity contribution in [3.05, 3.63) is 35.9 Å². The Labute approximate surface area is 126 Å². The number of carbonyl (C=O) groups excluding carboxylic acids is 1. The van der Waals surface area contributed by atoms with Crippen molar-refractivity contribution in [2.75, 3.05) is 19.6 Å². The Morgan fingerprint density at radius 1 is 1.24 bits per heavy atom. The summed E-state index contributed by atoms with van der Waals surface area (Å²) < 4.78 is 0. The number of hydrogen-bond acceptors (Lipinski definition) is 3. The van der Waals surface area contributed by atoms with E-state index in [0.717, 1.165) is 32.6 Å². The molecule has 2 saturated heterocycles. The smallest absolute Gasteiger partial charge is 0.224 e. The van der Waals surface area contributed by atoms with Gasteiger partial charge in [-0.2, -0.15) is 0 Å². The van der Waals surface area contributed by atoms with Gasteiger partial charge >= 0.3 is 0 Å². The number of likely N-dealkylation sites (tertiary alicyclic amines) is 2. The third-order valence-electron chi connectivity index (χ3n) is 4.78. The highest BCUT2D eigenvalue weighted by Gasteiger charge is 2.37. The molecule has 3 atom stereocenters. The van der Waals surface area contributed by atoms with Gasteiger partial charge in [0.1, 0.15) is 0 Å². The van der Waals surface area contributed by atoms with Crippen molar-refractivity contribution in [3.8, 4) is 0 Å². The van der Waals surface area contributed by atoms with Crippen LogP contribution in [-0.2, 0) is 11.3 Å². The number of hydrogen-bond donors (Lipinski definition) is 1. The van der Waals surface area contributed by atoms with E-state index in [0.29, 0.717) is 18.4 Å². The fraction of sp³-hybridized carbons (Fsp3) is 0.588. The van der Waals surface area contributed by atoms with Crippen LogP contribution in [-0.4, -0.2) is 47.4 Å². The van der Waals surface area contributed by atoms with E-state index in [1.807, 2.05) is 4.90 Å². The molecule has 2 aliphatic rings. The summed E-state index contributed by atoms with van der Waals surface area (Å²) in [6.07, 6.45) is 1.59. The molecular formula is C17H25N3O. The van der Waals surface area contributed by atoms with Gasteiger partial charge in [0.25, 0.3) is 0 Å². The molecule has 4 heteroatoms. The lowest BCUT2D eigenvalue weighted by atomic mass is 9.92. The standard InChI is InChI=1S/C17H25N3O/c1-13-10-19(11-14-5-3-2-4-6-14)8-7-16(13)20-12-15(18)9-17(20)21/h2-6,13,15-16H,7-12,18H2,1H3. The summed E-state index contributed by atoms with van der Waals surface area (Å²) in [5.41, 5.74) is 7.29. The lowest BCUT2D eigenvalue weighted by Gasteiger charge is -2.41. The predicted molar refractivity (Wildman–Crippen MR) is 83.6 cm³/mol. The molecule has 21 heavy (non-hydrogen) atoms. The van der Waals surface area contributed by atoms with E-state index in [1.54, 1.807) is 0 Å². The molecule has 0 aliphatic carbocycles. The average molecular weight is 287 g/mol. The van der Waals surface area contributed by atoms with Crippen molar-refractivity contribution >= 4 is 5.91 Å². The maximum atomic E-state index is 12.0. The molecule has 2 N–H and O–H groups in total. The number of carbonyl (C=O) groups is 1. The van der Waals surface area contributed by atoms with Gasteiger partial charge in [-0.25, -0.2) is 0 Å². The molecule has 0 saturated carbocycles. The molecule has 114 valence electrons. The molecule has 0 bridgehead atoms. The second-order valence-corrected chi connectivity index (χ2v) is 6.56. The first-order valence-electron chi connectivity index (χ1n) is 7.95. The molecule has 1 aromatic carbocycles. The monoisotopic (exact) mass is 287 g/mol. The Hall–Kier alpha value is -1.39. The van der Waals surface area contributed by atoms with Crippen LogP contribution < -0.4 is 5.73 Å². The molecular weight excluding hydrogens is 262 g/mol. The van der Waals surface area contributed by atoms with Gasteiger partial charge in [0, 0.05) is 44.7 Å². The van der Waals surface area contributed by atoms with Gasteiger partial charge < -0.3 is 10.6 Å². The SMILES string of the molecule is CC1CN(Cc2ccccc2)CCC1N1CC(N)CC1=O. The molecule has 2 heterocycles. The molecule has 2 aliphatic heterocycles. The van der Waals surface area contributed by atoms with Crippen LogP contribution in [0.25, 0.3) is 0 Å². The molecule has 0 aromatic heterocycles. The van der Waals surface area contributed by atoms with E-state index in [4.69, 9.17) is 5.73 Å². The first kappa shape index (κ1) is 14.5. The zero-order valence-electron chi connectivity index (χ0n) is 12.7. The number of amides is 1. The molecule has 0 radical (unpaired) electrons. The quantitative estimate of drug-likeness (QED) is 0.915. The highest BCUT2D eigenvalue weighted by atomic mass is 16.2. The Balaban J connectivity index is 1.58. The molecule has 3 rings (SSSR count). The van der Waals surface area contributed by atoms with E-state index in [1.165, 1.54) is 5.56 Å². The van der Waals surface area contributed by atoms with E-state index >= 15 is 0 Å². The summed E-state index contributed by atoms with van der Waals surface area (Å²) in [6, 6.07) is 11.0. The summed E-state index contributed by atoms with van der Waals surface area (Å²) >= 11 is 0. The zero-order valence-corrected chi connectivity index (χ0v) is 12.7. The average Bonchev–Trinajstić information content (AvgIpc) is 2.79. The van der Waals surface area contributed by atoms with Gasteiger partial charge in [0.05, 0.1) is 0 Å². The third-order valence-corrected chi connectivity index (χ3v) is 4.78. The minimum absolute atomic E-state index is 0.0343. The normalized spacial score (nSPS) is 30.9. The molecule has 1 amide bonds. The Bertz CT molecular complexity index is 490. The van der Waals surface area contributed by atoms with Crippen LogP contribution in [0.1, 0.15) is 25.3 Å². The van der Waals surface area contributed by atoms with Crippen LogP contribution >= 0.6 is 0 Å². The number of rotatable bonds is 3. The van der Waals surface area contributed by atoms with Gasteiger partial charge in [0.2, 0.25) is 5.91 Å². The second-order valence-electron chi connectivity index (χ2n) is 6.56. The van der Waals surface area contributed by atoms with Crippen LogP contribution in [0.15, 0.2) is 30.3 Å². The van der Waals surface area contributed by atoms with Crippen molar-refractivity contribution in [2.24, 2.45) is 11.7 Å². The minimum atomic E-state index is 0.0343. The van der Waals surface area contributed by atoms with Gasteiger partial charge in [-0.15, -0.1) is 0 Å². The van der Waals surface area contributed by atoms with Gasteiger partial charge in [0.15, 0.2) is 0 Å². The van der Waals surface area contributed by atoms with E-state index in [9.17, 15) is 4.79 Å². The fourth-order valence-corrected chi connectivity index (χ4v) is 3.75. The summed E-state index contributed by atoms with van der Waals surface area (Å²) in [5.74, 6) is 0.757. The topological polar surface area (TPSA) is 49.6 Å². The summed E-state index contributed by atoms with van der Waals surface area (Å²) in [5, 5.41) is 0. The van der Waals surface area contributed by atoms with Gasteiger partial charge in [-0.05, 0) is 17.9 Å². The number of nitrogens with zero attached hydrogens (tertiary/aromatic N) is 2. The highest BCUT2D eigenvalue weighted by molar-refractivity contribution is 5.79. The van der Waals surface area contributed by atoms with Crippen molar-refractivity contribution in [2.45, 2.75) is 38.4 Å². The van der Waals surface area contributed by atoms with E-state index in [2.05, 4.69) is 42.2 Å². The van der Waals surface area contributed by atoms with Crippen molar-refractivity contribution in [3.63, 3.8) is 0 Å². The minimum Gasteiger partial charge on any atom is -0.338 e. The predicted octanol–water partition coefficient (Wildman–Crippen LogP) is 1.46. The largest absolute Gasteiger partial charge is 0.338 e. The summed E-state index contributed by atoms with van der Waals surface area (Å²) in [4.78, 5) is 16.6. The molecule has 1 aromatic rings. The van der Waals surface area contributed by atoms with Crippen LogP contribution in [0.4, 0.5) is 0 Å². The lowest BCUT2D eigenvalue weighted by Crippen LogP contribution is -2.50. The van der Waals surface area contributed by atoms with Crippen LogP contribution in [0.2, 0.25) is 0 Å². The molecule has 0 spiro atoms. The Kier molecular flexibility index (Phi) is 4.27. The first-order chi connectivity index (χ1) is 10.1. The first-order valence-corrected chi connectivity index (χ1v) is 7.95. The maximum Gasteiger partial charge on any atom is 0.224 e. The van der Waals surface area contributed by atoms with Gasteiger partial charge in [-0.1, -0.05) is 37.3 Å². The summed E-state index contributed by atoms with van der Waals surface area (Å²) in [6.45, 7) is 6.12. The van der Waals surface area contributed by atoms with E-state index in [-0.39, 0.29) is 11.9 Å². The number of benzene rings is 1. The third kappa shape index (κ3) is 3.27. The van der Waals surface area contributed by atoms with Gasteiger partial charge in [-0.3, -0.25) is 9.69 Å².